The fourth-order valence-electron chi connectivity index (χ4n) is 7.14. The number of rotatable bonds is 12. The van der Waals surface area contributed by atoms with Gasteiger partial charge in [0.1, 0.15) is 20.1 Å². The maximum absolute atomic E-state index is 14.0. The fourth-order valence-corrected chi connectivity index (χ4v) is 13.1. The van der Waals surface area contributed by atoms with Crippen molar-refractivity contribution < 1.29 is 58.0 Å². The van der Waals surface area contributed by atoms with Crippen molar-refractivity contribution in [1.82, 2.24) is 29.0 Å². The Labute approximate surface area is 422 Å². The summed E-state index contributed by atoms with van der Waals surface area (Å²) in [5.41, 5.74) is -0.0220. The van der Waals surface area contributed by atoms with Gasteiger partial charge in [0.15, 0.2) is 17.5 Å². The molecular weight excluding hydrogens is 1060 g/mol. The molecule has 0 saturated carbocycles. The van der Waals surface area contributed by atoms with Crippen LogP contribution >= 0.6 is 45.9 Å². The third-order valence-corrected chi connectivity index (χ3v) is 18.4. The molecule has 2 fully saturated rings. The highest BCUT2D eigenvalue weighted by Crippen LogP contribution is 2.29. The lowest BCUT2D eigenvalue weighted by atomic mass is 10.1. The predicted octanol–water partition coefficient (Wildman–Crippen LogP) is 7.65. The highest BCUT2D eigenvalue weighted by molar-refractivity contribution is 7.91. The van der Waals surface area contributed by atoms with E-state index in [0.29, 0.717) is 43.1 Å². The summed E-state index contributed by atoms with van der Waals surface area (Å²) in [6.45, 7) is 0.303. The van der Waals surface area contributed by atoms with Gasteiger partial charge in [0.25, 0.3) is 43.7 Å². The number of piperazine rings is 2. The molecule has 4 heterocycles. The molecule has 4 aromatic carbocycles. The van der Waals surface area contributed by atoms with Gasteiger partial charge in [-0.1, -0.05) is 23.2 Å². The maximum Gasteiger partial charge on any atom is 0.257 e. The largest absolute Gasteiger partial charge is 0.347 e. The Morgan fingerprint density at radius 1 is 0.493 bits per heavy atom. The zero-order valence-corrected chi connectivity index (χ0v) is 41.5. The SMILES string of the molecule is O=C(NCc1ccc(S(=O)(=O)N2CCN(C(=O)c3ccc(F)c(F)c3F)CC2)s1)c1ccc(Cl)cc1.O=C(NCc1ccc(S(=O)(=O)N2CCN(C(=O)c3ccc(F)cc3F)CC2)s1)c1ccc(Cl)cc1. The van der Waals surface area contributed by atoms with Gasteiger partial charge in [-0.15, -0.1) is 22.7 Å². The molecule has 0 radical (unpaired) electrons. The first-order valence-electron chi connectivity index (χ1n) is 21.2. The summed E-state index contributed by atoms with van der Waals surface area (Å²) in [4.78, 5) is 53.4. The lowest BCUT2D eigenvalue weighted by Gasteiger charge is -2.33. The number of hydrogen-bond donors (Lipinski definition) is 2. The van der Waals surface area contributed by atoms with Gasteiger partial charge in [-0.05, 0) is 97.1 Å². The van der Waals surface area contributed by atoms with Crippen LogP contribution in [0, 0.1) is 29.1 Å². The van der Waals surface area contributed by atoms with Crippen LogP contribution in [-0.4, -0.2) is 111 Å². The van der Waals surface area contributed by atoms with Gasteiger partial charge in [0.05, 0.1) is 24.2 Å². The van der Waals surface area contributed by atoms with E-state index in [-0.39, 0.29) is 91.2 Å². The summed E-state index contributed by atoms with van der Waals surface area (Å²) < 4.78 is 123. The van der Waals surface area contributed by atoms with Crippen molar-refractivity contribution in [2.24, 2.45) is 0 Å². The smallest absolute Gasteiger partial charge is 0.257 e. The number of nitrogens with zero attached hydrogens (tertiary/aromatic N) is 4. The molecule has 0 bridgehead atoms. The molecule has 2 aliphatic heterocycles. The average Bonchev–Trinajstić information content (AvgIpc) is 4.06. The van der Waals surface area contributed by atoms with Gasteiger partial charge in [-0.25, -0.2) is 38.8 Å². The van der Waals surface area contributed by atoms with Crippen LogP contribution in [0.15, 0.2) is 112 Å². The van der Waals surface area contributed by atoms with E-state index in [0.717, 1.165) is 40.9 Å². The predicted molar refractivity (Wildman–Crippen MR) is 256 cm³/mol. The molecule has 0 unspecified atom stereocenters. The third-order valence-electron chi connectivity index (χ3n) is 11.0. The van der Waals surface area contributed by atoms with Crippen LogP contribution in [0.1, 0.15) is 51.2 Å². The number of carbonyl (C=O) groups excluding carboxylic acids is 4. The minimum atomic E-state index is -3.87. The number of sulfonamides is 2. The first kappa shape index (κ1) is 53.0. The standard InChI is InChI=1S/C23H19ClF3N3O4S2.C23H20ClF2N3O4S2/c24-15-3-1-14(2-4-15)22(31)28-13-16-5-8-19(35-16)36(33,34)30-11-9-29(10-12-30)23(32)17-6-7-18(25)21(27)20(17)26;24-16-3-1-15(2-4-16)22(30)27-14-18-6-8-21(34-18)35(32,33)29-11-9-28(10-12-29)23(31)19-7-5-17(25)13-20(19)26/h1-8H,9-13H2,(H,28,31);1-8,13H,9-12,14H2,(H,27,30). The Kier molecular flexibility index (Phi) is 17.0. The van der Waals surface area contributed by atoms with Crippen molar-refractivity contribution in [1.29, 1.82) is 0 Å². The maximum atomic E-state index is 14.0. The monoisotopic (exact) mass is 1100 g/mol. The van der Waals surface area contributed by atoms with E-state index in [4.69, 9.17) is 23.2 Å². The molecule has 0 aliphatic carbocycles. The highest BCUT2D eigenvalue weighted by Gasteiger charge is 2.34. The van der Waals surface area contributed by atoms with Crippen LogP contribution in [0.25, 0.3) is 0 Å². The van der Waals surface area contributed by atoms with Crippen LogP contribution in [0.3, 0.4) is 0 Å². The van der Waals surface area contributed by atoms with E-state index in [9.17, 15) is 58.0 Å². The van der Waals surface area contributed by atoms with E-state index in [1.54, 1.807) is 60.7 Å². The van der Waals surface area contributed by atoms with E-state index >= 15 is 0 Å². The van der Waals surface area contributed by atoms with Gasteiger partial charge in [0, 0.05) is 89.4 Å². The molecule has 25 heteroatoms. The minimum absolute atomic E-state index is 0.0391. The zero-order valence-electron chi connectivity index (χ0n) is 36.7. The van der Waals surface area contributed by atoms with Gasteiger partial charge >= 0.3 is 0 Å². The van der Waals surface area contributed by atoms with Crippen LogP contribution < -0.4 is 10.6 Å². The first-order chi connectivity index (χ1) is 33.7. The lowest BCUT2D eigenvalue weighted by molar-refractivity contribution is 0.0686. The van der Waals surface area contributed by atoms with Gasteiger partial charge in [-0.2, -0.15) is 8.61 Å². The van der Waals surface area contributed by atoms with Crippen molar-refractivity contribution in [3.63, 3.8) is 0 Å². The summed E-state index contributed by atoms with van der Waals surface area (Å²) in [6, 6.07) is 23.1. The van der Waals surface area contributed by atoms with Crippen LogP contribution in [0.5, 0.6) is 0 Å². The van der Waals surface area contributed by atoms with E-state index in [1.165, 1.54) is 30.5 Å². The molecule has 6 aromatic rings. The Morgan fingerprint density at radius 2 is 0.901 bits per heavy atom. The molecule has 374 valence electrons. The molecule has 2 N–H and O–H groups in total. The minimum Gasteiger partial charge on any atom is -0.347 e. The van der Waals surface area contributed by atoms with Crippen molar-refractivity contribution in [2.75, 3.05) is 52.4 Å². The second-order valence-corrected chi connectivity index (χ2v) is 23.1. The van der Waals surface area contributed by atoms with Gasteiger partial charge in [-0.3, -0.25) is 19.2 Å². The first-order valence-corrected chi connectivity index (χ1v) is 26.4. The lowest BCUT2D eigenvalue weighted by Crippen LogP contribution is -2.50. The number of halogens is 7. The van der Waals surface area contributed by atoms with Crippen LogP contribution in [-0.2, 0) is 33.1 Å². The summed E-state index contributed by atoms with van der Waals surface area (Å²) >= 11 is 13.7. The molecule has 2 saturated heterocycles. The Hall–Kier alpha value is -5.79. The molecule has 14 nitrogen and oxygen atoms in total. The number of thiophene rings is 2. The average molecular weight is 1100 g/mol. The molecule has 2 aliphatic rings. The Morgan fingerprint density at radius 3 is 1.32 bits per heavy atom. The molecule has 4 amide bonds. The van der Waals surface area contributed by atoms with Crippen molar-refractivity contribution in [3.8, 4) is 0 Å². The summed E-state index contributed by atoms with van der Waals surface area (Å²) in [5.74, 6) is -8.56. The highest BCUT2D eigenvalue weighted by atomic mass is 35.5. The van der Waals surface area contributed by atoms with Crippen molar-refractivity contribution >= 4 is 89.6 Å². The summed E-state index contributed by atoms with van der Waals surface area (Å²) in [7, 11) is -7.67. The number of hydrogen-bond acceptors (Lipinski definition) is 10. The number of carbonyl (C=O) groups is 4. The van der Waals surface area contributed by atoms with Crippen molar-refractivity contribution in [3.05, 3.63) is 174 Å². The molecule has 71 heavy (non-hydrogen) atoms. The quantitative estimate of drug-likeness (QED) is 0.0929. The van der Waals surface area contributed by atoms with Gasteiger partial charge < -0.3 is 20.4 Å². The van der Waals surface area contributed by atoms with Gasteiger partial charge in [0.2, 0.25) is 0 Å². The van der Waals surface area contributed by atoms with E-state index in [1.807, 2.05) is 0 Å². The van der Waals surface area contributed by atoms with Crippen LogP contribution in [0.4, 0.5) is 22.0 Å². The number of nitrogens with one attached hydrogen (secondary N) is 2. The topological polar surface area (TPSA) is 174 Å². The van der Waals surface area contributed by atoms with E-state index < -0.39 is 66.5 Å². The Bertz CT molecular complexity index is 3190. The second-order valence-electron chi connectivity index (χ2n) is 15.6. The molecular formula is C46H39Cl2F5N6O8S4. The van der Waals surface area contributed by atoms with E-state index in [2.05, 4.69) is 10.6 Å². The molecule has 0 atom stereocenters. The zero-order chi connectivity index (χ0) is 51.2. The van der Waals surface area contributed by atoms with Crippen molar-refractivity contribution in [2.45, 2.75) is 21.5 Å². The molecule has 2 aromatic heterocycles. The third kappa shape index (κ3) is 12.6. The number of benzene rings is 4. The summed E-state index contributed by atoms with van der Waals surface area (Å²) in [6.07, 6.45) is 0. The fraction of sp³-hybridized carbons (Fsp3) is 0.217. The summed E-state index contributed by atoms with van der Waals surface area (Å²) in [5, 5.41) is 6.48. The van der Waals surface area contributed by atoms with Crippen LogP contribution in [0.2, 0.25) is 10.0 Å². The normalized spacial score (nSPS) is 14.6. The Balaban J connectivity index is 0.000000209. The molecule has 8 rings (SSSR count). The number of amides is 4. The molecule has 0 spiro atoms. The second kappa shape index (κ2) is 22.7.